The molecule has 0 saturated carbocycles. The van der Waals surface area contributed by atoms with Crippen molar-refractivity contribution in [3.63, 3.8) is 0 Å². The van der Waals surface area contributed by atoms with E-state index in [0.717, 1.165) is 12.5 Å². The van der Waals surface area contributed by atoms with E-state index in [-0.39, 0.29) is 17.7 Å². The van der Waals surface area contributed by atoms with E-state index in [0.29, 0.717) is 42.8 Å². The molecule has 1 fully saturated rings. The van der Waals surface area contributed by atoms with E-state index >= 15 is 0 Å². The summed E-state index contributed by atoms with van der Waals surface area (Å²) in [7, 11) is 0. The second-order valence-corrected chi connectivity index (χ2v) is 6.89. The number of hydrogen-bond acceptors (Lipinski definition) is 3. The summed E-state index contributed by atoms with van der Waals surface area (Å²) in [5, 5.41) is 0. The standard InChI is InChI=1S/C20H25F3N2O3/c1-13(2)17-8-20(28-16(10-21)11-22)18(23)9-19(17)25(14(3)27)15-4-6-24(12-26)7-5-15/h8-9,12,15-16H,1,4-7,10-11H2,2-3H3. The lowest BCUT2D eigenvalue weighted by Gasteiger charge is -2.38. The van der Waals surface area contributed by atoms with E-state index in [1.165, 1.54) is 17.9 Å². The Hall–Kier alpha value is -2.51. The highest BCUT2D eigenvalue weighted by molar-refractivity contribution is 5.95. The van der Waals surface area contributed by atoms with E-state index in [1.54, 1.807) is 11.8 Å². The van der Waals surface area contributed by atoms with Crippen LogP contribution in [0.5, 0.6) is 5.75 Å². The molecule has 1 saturated heterocycles. The first-order chi connectivity index (χ1) is 13.3. The molecule has 1 heterocycles. The van der Waals surface area contributed by atoms with Gasteiger partial charge in [-0.15, -0.1) is 0 Å². The highest BCUT2D eigenvalue weighted by Gasteiger charge is 2.30. The molecule has 1 aromatic rings. The third kappa shape index (κ3) is 4.85. The first-order valence-electron chi connectivity index (χ1n) is 9.09. The van der Waals surface area contributed by atoms with Crippen LogP contribution in [0.2, 0.25) is 0 Å². The van der Waals surface area contributed by atoms with Gasteiger partial charge in [-0.05, 0) is 31.4 Å². The summed E-state index contributed by atoms with van der Waals surface area (Å²) in [6, 6.07) is 2.25. The molecular formula is C20H25F3N2O3. The molecule has 28 heavy (non-hydrogen) atoms. The average Bonchev–Trinajstić information content (AvgIpc) is 2.67. The quantitative estimate of drug-likeness (QED) is 0.630. The van der Waals surface area contributed by atoms with Gasteiger partial charge in [0.1, 0.15) is 13.3 Å². The van der Waals surface area contributed by atoms with Crippen LogP contribution in [-0.2, 0) is 9.59 Å². The number of likely N-dealkylation sites (tertiary alicyclic amines) is 1. The molecule has 0 bridgehead atoms. The first-order valence-corrected chi connectivity index (χ1v) is 9.09. The summed E-state index contributed by atoms with van der Waals surface area (Å²) in [6.07, 6.45) is 0.486. The lowest BCUT2D eigenvalue weighted by molar-refractivity contribution is -0.119. The monoisotopic (exact) mass is 398 g/mol. The molecule has 2 amide bonds. The van der Waals surface area contributed by atoms with Crippen molar-refractivity contribution in [2.75, 3.05) is 31.3 Å². The van der Waals surface area contributed by atoms with Crippen LogP contribution in [0.4, 0.5) is 18.9 Å². The smallest absolute Gasteiger partial charge is 0.224 e. The Morgan fingerprint density at radius 1 is 1.32 bits per heavy atom. The van der Waals surface area contributed by atoms with E-state index in [1.807, 2.05) is 0 Å². The summed E-state index contributed by atoms with van der Waals surface area (Å²) in [5.41, 5.74) is 1.33. The number of carbonyl (C=O) groups excluding carboxylic acids is 2. The van der Waals surface area contributed by atoms with Crippen LogP contribution in [0.25, 0.3) is 5.57 Å². The third-order valence-electron chi connectivity index (χ3n) is 4.76. The molecule has 0 unspecified atom stereocenters. The zero-order valence-electron chi connectivity index (χ0n) is 16.1. The summed E-state index contributed by atoms with van der Waals surface area (Å²) < 4.78 is 45.3. The zero-order chi connectivity index (χ0) is 20.8. The van der Waals surface area contributed by atoms with Crippen LogP contribution in [0, 0.1) is 5.82 Å². The van der Waals surface area contributed by atoms with Gasteiger partial charge in [0.15, 0.2) is 17.7 Å². The minimum Gasteiger partial charge on any atom is -0.482 e. The minimum atomic E-state index is -1.39. The van der Waals surface area contributed by atoms with Gasteiger partial charge >= 0.3 is 0 Å². The molecular weight excluding hydrogens is 373 g/mol. The van der Waals surface area contributed by atoms with Crippen LogP contribution in [-0.4, -0.2) is 55.8 Å². The van der Waals surface area contributed by atoms with Crippen LogP contribution in [0.3, 0.4) is 0 Å². The fourth-order valence-corrected chi connectivity index (χ4v) is 3.33. The third-order valence-corrected chi connectivity index (χ3v) is 4.76. The summed E-state index contributed by atoms with van der Waals surface area (Å²) in [4.78, 5) is 26.4. The van der Waals surface area contributed by atoms with Gasteiger partial charge in [0.05, 0.1) is 5.69 Å². The Kier molecular flexibility index (Phi) is 7.48. The lowest BCUT2D eigenvalue weighted by Crippen LogP contribution is -2.47. The Bertz CT molecular complexity index is 730. The minimum absolute atomic E-state index is 0.206. The van der Waals surface area contributed by atoms with E-state index in [9.17, 15) is 22.8 Å². The van der Waals surface area contributed by atoms with Gasteiger partial charge in [-0.25, -0.2) is 13.2 Å². The van der Waals surface area contributed by atoms with Crippen molar-refractivity contribution in [2.24, 2.45) is 0 Å². The number of alkyl halides is 2. The van der Waals surface area contributed by atoms with E-state index in [2.05, 4.69) is 6.58 Å². The number of halogens is 3. The fraction of sp³-hybridized carbons (Fsp3) is 0.500. The number of allylic oxidation sites excluding steroid dienone is 1. The number of amides is 2. The molecule has 0 aromatic heterocycles. The highest BCUT2D eigenvalue weighted by atomic mass is 19.1. The lowest BCUT2D eigenvalue weighted by atomic mass is 9.99. The largest absolute Gasteiger partial charge is 0.482 e. The fourth-order valence-electron chi connectivity index (χ4n) is 3.33. The molecule has 0 aliphatic carbocycles. The molecule has 0 spiro atoms. The van der Waals surface area contributed by atoms with Gasteiger partial charge in [0.2, 0.25) is 12.3 Å². The molecule has 1 aromatic carbocycles. The maximum absolute atomic E-state index is 14.6. The molecule has 1 aliphatic heterocycles. The van der Waals surface area contributed by atoms with Crippen molar-refractivity contribution < 1.29 is 27.5 Å². The van der Waals surface area contributed by atoms with Gasteiger partial charge in [-0.2, -0.15) is 0 Å². The van der Waals surface area contributed by atoms with Gasteiger partial charge in [-0.1, -0.05) is 6.58 Å². The van der Waals surface area contributed by atoms with Gasteiger partial charge in [-0.3, -0.25) is 9.59 Å². The van der Waals surface area contributed by atoms with Gasteiger partial charge < -0.3 is 14.5 Å². The van der Waals surface area contributed by atoms with Crippen molar-refractivity contribution >= 4 is 23.6 Å². The van der Waals surface area contributed by atoms with Crippen LogP contribution >= 0.6 is 0 Å². The van der Waals surface area contributed by atoms with Crippen molar-refractivity contribution in [3.8, 4) is 5.75 Å². The molecule has 8 heteroatoms. The van der Waals surface area contributed by atoms with E-state index in [4.69, 9.17) is 4.74 Å². The normalized spacial score (nSPS) is 14.9. The molecule has 5 nitrogen and oxygen atoms in total. The first kappa shape index (κ1) is 21.8. The van der Waals surface area contributed by atoms with Crippen molar-refractivity contribution in [3.05, 3.63) is 30.1 Å². The second kappa shape index (κ2) is 9.61. The van der Waals surface area contributed by atoms with Crippen molar-refractivity contribution in [1.82, 2.24) is 4.90 Å². The Balaban J connectivity index is 2.43. The Morgan fingerprint density at radius 3 is 2.39 bits per heavy atom. The number of rotatable bonds is 8. The van der Waals surface area contributed by atoms with Crippen LogP contribution in [0.1, 0.15) is 32.3 Å². The van der Waals surface area contributed by atoms with Gasteiger partial charge in [0.25, 0.3) is 0 Å². The van der Waals surface area contributed by atoms with Crippen LogP contribution < -0.4 is 9.64 Å². The van der Waals surface area contributed by atoms with Crippen molar-refractivity contribution in [1.29, 1.82) is 0 Å². The van der Waals surface area contributed by atoms with Crippen LogP contribution in [0.15, 0.2) is 18.7 Å². The molecule has 2 rings (SSSR count). The highest BCUT2D eigenvalue weighted by Crippen LogP contribution is 2.36. The SMILES string of the molecule is C=C(C)c1cc(OC(CF)CF)c(F)cc1N(C(C)=O)C1CCN(C=O)CC1. The predicted molar refractivity (Wildman–Crippen MR) is 101 cm³/mol. The summed E-state index contributed by atoms with van der Waals surface area (Å²) >= 11 is 0. The number of carbonyl (C=O) groups is 2. The number of hydrogen-bond donors (Lipinski definition) is 0. The number of anilines is 1. The molecule has 154 valence electrons. The number of benzene rings is 1. The number of ether oxygens (including phenoxy) is 1. The number of piperidine rings is 1. The van der Waals surface area contributed by atoms with Crippen molar-refractivity contribution in [2.45, 2.75) is 38.8 Å². The number of nitrogens with zero attached hydrogens (tertiary/aromatic N) is 2. The van der Waals surface area contributed by atoms with Gasteiger partial charge in [0, 0.05) is 37.7 Å². The average molecular weight is 398 g/mol. The Morgan fingerprint density at radius 2 is 1.93 bits per heavy atom. The maximum atomic E-state index is 14.6. The molecule has 0 radical (unpaired) electrons. The summed E-state index contributed by atoms with van der Waals surface area (Å²) in [6.45, 7) is 5.77. The topological polar surface area (TPSA) is 49.9 Å². The van der Waals surface area contributed by atoms with E-state index < -0.39 is 25.3 Å². The molecule has 0 atom stereocenters. The predicted octanol–water partition coefficient (Wildman–Crippen LogP) is 3.52. The molecule has 1 aliphatic rings. The molecule has 0 N–H and O–H groups in total. The summed E-state index contributed by atoms with van der Waals surface area (Å²) in [5.74, 6) is -1.38. The zero-order valence-corrected chi connectivity index (χ0v) is 16.1. The maximum Gasteiger partial charge on any atom is 0.224 e. The Labute approximate surface area is 162 Å². The second-order valence-electron chi connectivity index (χ2n) is 6.89.